The lowest BCUT2D eigenvalue weighted by Crippen LogP contribution is -2.08. The maximum absolute atomic E-state index is 13.5. The first-order chi connectivity index (χ1) is 17.6. The fourth-order valence-corrected chi connectivity index (χ4v) is 4.73. The number of allylic oxidation sites excluding steroid dienone is 1. The summed E-state index contributed by atoms with van der Waals surface area (Å²) in [5.41, 5.74) is 14.5. The number of rotatable bonds is 7. The number of imidazole rings is 1. The molecule has 8 nitrogen and oxygen atoms in total. The van der Waals surface area contributed by atoms with Gasteiger partial charge in [0.2, 0.25) is 0 Å². The van der Waals surface area contributed by atoms with Crippen LogP contribution in [0.4, 0.5) is 11.5 Å². The van der Waals surface area contributed by atoms with E-state index in [1.54, 1.807) is 23.3 Å². The normalized spacial score (nSPS) is 12.5. The van der Waals surface area contributed by atoms with Gasteiger partial charge >= 0.3 is 0 Å². The van der Waals surface area contributed by atoms with Gasteiger partial charge in [0.25, 0.3) is 0 Å². The lowest BCUT2D eigenvalue weighted by Gasteiger charge is -2.10. The second-order valence-electron chi connectivity index (χ2n) is 8.97. The average molecular weight is 476 g/mol. The lowest BCUT2D eigenvalue weighted by atomic mass is 10.0. The van der Waals surface area contributed by atoms with Crippen LogP contribution in [0.3, 0.4) is 0 Å². The molecule has 1 aliphatic carbocycles. The zero-order chi connectivity index (χ0) is 24.6. The number of pyridine rings is 1. The smallest absolute Gasteiger partial charge is 0.194 e. The van der Waals surface area contributed by atoms with Crippen molar-refractivity contribution in [2.45, 2.75) is 19.8 Å². The Morgan fingerprint density at radius 3 is 2.89 bits per heavy atom. The van der Waals surface area contributed by atoms with Gasteiger partial charge in [-0.25, -0.2) is 9.67 Å². The van der Waals surface area contributed by atoms with E-state index in [0.717, 1.165) is 52.3 Å². The molecular formula is C28H25N7O. The predicted octanol–water partition coefficient (Wildman–Crippen LogP) is 4.51. The Labute approximate surface area is 207 Å². The van der Waals surface area contributed by atoms with E-state index in [-0.39, 0.29) is 5.78 Å². The van der Waals surface area contributed by atoms with Gasteiger partial charge in [-0.3, -0.25) is 9.78 Å². The Hall–Kier alpha value is -4.72. The molecule has 0 unspecified atom stereocenters. The molecule has 36 heavy (non-hydrogen) atoms. The minimum absolute atomic E-state index is 0.101. The number of nitrogens with zero attached hydrogens (tertiary/aromatic N) is 4. The summed E-state index contributed by atoms with van der Waals surface area (Å²) in [5, 5.41) is 7.94. The van der Waals surface area contributed by atoms with Crippen LogP contribution in [0.25, 0.3) is 22.8 Å². The molecule has 5 aromatic rings. The van der Waals surface area contributed by atoms with Crippen LogP contribution in [0.15, 0.2) is 72.7 Å². The second-order valence-corrected chi connectivity index (χ2v) is 8.97. The number of aromatic nitrogens is 5. The summed E-state index contributed by atoms with van der Waals surface area (Å²) in [6.45, 7) is 2.70. The number of carbonyl (C=O) groups excluding carboxylic acids is 1. The maximum Gasteiger partial charge on any atom is 0.194 e. The first-order valence-corrected chi connectivity index (χ1v) is 11.9. The summed E-state index contributed by atoms with van der Waals surface area (Å²) >= 11 is 0. The van der Waals surface area contributed by atoms with Crippen LogP contribution in [-0.2, 0) is 12.8 Å². The van der Waals surface area contributed by atoms with Gasteiger partial charge in [-0.2, -0.15) is 5.10 Å². The minimum Gasteiger partial charge on any atom is -0.384 e. The number of hydrogen-bond acceptors (Lipinski definition) is 6. The molecule has 0 saturated carbocycles. The summed E-state index contributed by atoms with van der Waals surface area (Å²) in [6, 6.07) is 15.9. The highest BCUT2D eigenvalue weighted by Gasteiger charge is 2.25. The molecule has 3 aromatic heterocycles. The Kier molecular flexibility index (Phi) is 5.33. The van der Waals surface area contributed by atoms with Crippen molar-refractivity contribution in [3.05, 3.63) is 101 Å². The van der Waals surface area contributed by atoms with Crippen LogP contribution in [0.2, 0.25) is 0 Å². The van der Waals surface area contributed by atoms with E-state index in [2.05, 4.69) is 37.5 Å². The van der Waals surface area contributed by atoms with Crippen LogP contribution < -0.4 is 11.1 Å². The molecule has 2 aromatic carbocycles. The van der Waals surface area contributed by atoms with E-state index in [1.807, 2.05) is 49.4 Å². The van der Waals surface area contributed by atoms with Gasteiger partial charge in [0.1, 0.15) is 11.6 Å². The van der Waals surface area contributed by atoms with E-state index in [1.165, 1.54) is 5.56 Å². The monoisotopic (exact) mass is 475 g/mol. The molecule has 0 fully saturated rings. The van der Waals surface area contributed by atoms with E-state index < -0.39 is 0 Å². The number of anilines is 2. The Morgan fingerprint density at radius 1 is 1.17 bits per heavy atom. The Bertz CT molecular complexity index is 1630. The van der Waals surface area contributed by atoms with Crippen LogP contribution in [0, 0.1) is 6.92 Å². The summed E-state index contributed by atoms with van der Waals surface area (Å²) in [5.74, 6) is 1.06. The van der Waals surface area contributed by atoms with Crippen LogP contribution in [0.5, 0.6) is 0 Å². The zero-order valence-corrected chi connectivity index (χ0v) is 19.8. The molecule has 0 amide bonds. The van der Waals surface area contributed by atoms with Crippen molar-refractivity contribution in [3.63, 3.8) is 0 Å². The number of hydrogen-bond donors (Lipinski definition) is 3. The largest absolute Gasteiger partial charge is 0.384 e. The van der Waals surface area contributed by atoms with Gasteiger partial charge in [-0.15, -0.1) is 0 Å². The minimum atomic E-state index is -0.101. The summed E-state index contributed by atoms with van der Waals surface area (Å²) in [6.07, 6.45) is 8.60. The Balaban J connectivity index is 1.22. The van der Waals surface area contributed by atoms with Crippen molar-refractivity contribution in [2.24, 2.45) is 0 Å². The number of H-pyrrole nitrogens is 1. The van der Waals surface area contributed by atoms with Gasteiger partial charge in [-0.05, 0) is 66.9 Å². The van der Waals surface area contributed by atoms with E-state index in [0.29, 0.717) is 23.4 Å². The number of benzene rings is 2. The predicted molar refractivity (Wildman–Crippen MR) is 141 cm³/mol. The van der Waals surface area contributed by atoms with E-state index in [9.17, 15) is 4.79 Å². The van der Waals surface area contributed by atoms with E-state index in [4.69, 9.17) is 5.73 Å². The standard InChI is InChI=1S/C28H25N7O/c1-17-33-25-6-5-21(15-26(25)34-17)35-28(29)23(16-32-35)27(36)20-13-19-3-2-4-24(22(19)14-20)31-12-9-18-7-10-30-11-8-18/h2-8,10-11,14-16,31H,9,12-13,29H2,1H3,(H,33,34). The fraction of sp³-hybridized carbons (Fsp3) is 0.143. The second kappa shape index (κ2) is 8.81. The highest BCUT2D eigenvalue weighted by Crippen LogP contribution is 2.33. The summed E-state index contributed by atoms with van der Waals surface area (Å²) in [4.78, 5) is 25.2. The molecule has 0 saturated heterocycles. The van der Waals surface area contributed by atoms with E-state index >= 15 is 0 Å². The van der Waals surface area contributed by atoms with Crippen molar-refractivity contribution in [2.75, 3.05) is 17.6 Å². The molecule has 0 atom stereocenters. The molecule has 0 aliphatic heterocycles. The molecule has 0 spiro atoms. The third kappa shape index (κ3) is 3.92. The number of nitrogens with two attached hydrogens (primary N) is 1. The maximum atomic E-state index is 13.5. The molecule has 3 heterocycles. The molecule has 0 radical (unpaired) electrons. The molecule has 178 valence electrons. The molecule has 8 heteroatoms. The number of ketones is 1. The topological polar surface area (TPSA) is 115 Å². The van der Waals surface area contributed by atoms with Crippen LogP contribution in [-0.4, -0.2) is 37.1 Å². The van der Waals surface area contributed by atoms with Gasteiger partial charge in [0, 0.05) is 42.2 Å². The zero-order valence-electron chi connectivity index (χ0n) is 19.8. The third-order valence-corrected chi connectivity index (χ3v) is 6.55. The number of aromatic amines is 1. The molecular weight excluding hydrogens is 450 g/mol. The van der Waals surface area contributed by atoms with Crippen LogP contribution >= 0.6 is 0 Å². The van der Waals surface area contributed by atoms with Crippen molar-refractivity contribution >= 4 is 34.4 Å². The molecule has 0 bridgehead atoms. The Morgan fingerprint density at radius 2 is 2.03 bits per heavy atom. The number of nitrogens with one attached hydrogen (secondary N) is 2. The van der Waals surface area contributed by atoms with Gasteiger partial charge in [0.15, 0.2) is 5.78 Å². The summed E-state index contributed by atoms with van der Waals surface area (Å²) in [7, 11) is 0. The highest BCUT2D eigenvalue weighted by atomic mass is 16.1. The van der Waals surface area contributed by atoms with Crippen molar-refractivity contribution in [1.82, 2.24) is 24.7 Å². The molecule has 1 aliphatic rings. The SMILES string of the molecule is Cc1nc2ccc(-n3ncc(C(=O)C4=Cc5c(cccc5NCCc5ccncc5)C4)c3N)cc2[nH]1. The van der Waals surface area contributed by atoms with Crippen LogP contribution in [0.1, 0.15) is 32.9 Å². The fourth-order valence-electron chi connectivity index (χ4n) is 4.73. The lowest BCUT2D eigenvalue weighted by molar-refractivity contribution is 0.103. The van der Waals surface area contributed by atoms with Crippen molar-refractivity contribution in [1.29, 1.82) is 0 Å². The molecule has 6 rings (SSSR count). The van der Waals surface area contributed by atoms with Crippen molar-refractivity contribution in [3.8, 4) is 5.69 Å². The van der Waals surface area contributed by atoms with Gasteiger partial charge in [-0.1, -0.05) is 12.1 Å². The van der Waals surface area contributed by atoms with Crippen molar-refractivity contribution < 1.29 is 4.79 Å². The third-order valence-electron chi connectivity index (χ3n) is 6.55. The number of aryl methyl sites for hydroxylation is 1. The average Bonchev–Trinajstić information content (AvgIpc) is 3.59. The molecule has 4 N–H and O–H groups in total. The van der Waals surface area contributed by atoms with Gasteiger partial charge in [0.05, 0.1) is 28.5 Å². The first-order valence-electron chi connectivity index (χ1n) is 11.9. The summed E-state index contributed by atoms with van der Waals surface area (Å²) < 4.78 is 1.59. The number of Topliss-reactive ketones (excluding diaryl/α,β-unsaturated/α-hetero) is 1. The first kappa shape index (κ1) is 21.8. The quantitative estimate of drug-likeness (QED) is 0.298. The number of fused-ring (bicyclic) bond motifs is 2. The highest BCUT2D eigenvalue weighted by molar-refractivity contribution is 6.15. The van der Waals surface area contributed by atoms with Gasteiger partial charge < -0.3 is 16.0 Å². The number of nitrogen functional groups attached to an aromatic ring is 1. The number of carbonyl (C=O) groups is 1.